The number of nitrogens with zero attached hydrogens (tertiary/aromatic N) is 1. The summed E-state index contributed by atoms with van der Waals surface area (Å²) in [5.41, 5.74) is 0.0457. The van der Waals surface area contributed by atoms with Gasteiger partial charge in [-0.1, -0.05) is 20.8 Å². The van der Waals surface area contributed by atoms with Gasteiger partial charge in [-0.2, -0.15) is 0 Å². The van der Waals surface area contributed by atoms with Gasteiger partial charge in [-0.25, -0.2) is 18.6 Å². The minimum absolute atomic E-state index is 0.113. The first-order valence-electron chi connectivity index (χ1n) is 8.52. The fraction of sp³-hybridized carbons (Fsp3) is 0.316. The highest BCUT2D eigenvalue weighted by molar-refractivity contribution is 5.98. The summed E-state index contributed by atoms with van der Waals surface area (Å²) in [5, 5.41) is 16.6. The number of halogens is 2. The van der Waals surface area contributed by atoms with Crippen LogP contribution in [0.1, 0.15) is 27.2 Å². The van der Waals surface area contributed by atoms with Crippen molar-refractivity contribution in [2.75, 3.05) is 10.6 Å². The lowest BCUT2D eigenvalue weighted by atomic mass is 9.88. The van der Waals surface area contributed by atoms with Crippen molar-refractivity contribution in [1.82, 2.24) is 10.3 Å². The Kier molecular flexibility index (Phi) is 6.50. The number of carboxylic acid groups (broad SMARTS) is 1. The van der Waals surface area contributed by atoms with E-state index in [0.29, 0.717) is 0 Å². The Morgan fingerprint density at radius 1 is 1.18 bits per heavy atom. The summed E-state index contributed by atoms with van der Waals surface area (Å²) in [7, 11) is 0. The molecule has 0 radical (unpaired) electrons. The van der Waals surface area contributed by atoms with Crippen molar-refractivity contribution in [2.24, 2.45) is 5.41 Å². The van der Waals surface area contributed by atoms with Crippen LogP contribution in [0, 0.1) is 17.0 Å². The summed E-state index contributed by atoms with van der Waals surface area (Å²) < 4.78 is 26.8. The lowest BCUT2D eigenvalue weighted by Gasteiger charge is -2.25. The van der Waals surface area contributed by atoms with Crippen molar-refractivity contribution < 1.29 is 23.5 Å². The normalized spacial score (nSPS) is 12.2. The number of anilines is 3. The first kappa shape index (κ1) is 21.1. The van der Waals surface area contributed by atoms with Gasteiger partial charge in [0, 0.05) is 18.0 Å². The molecule has 1 aromatic heterocycles. The maximum atomic E-state index is 13.4. The molecule has 1 atom stereocenters. The molecule has 9 heteroatoms. The average molecular weight is 392 g/mol. The van der Waals surface area contributed by atoms with E-state index in [0.717, 1.165) is 18.2 Å². The van der Waals surface area contributed by atoms with Crippen LogP contribution in [0.25, 0.3) is 0 Å². The maximum absolute atomic E-state index is 13.4. The van der Waals surface area contributed by atoms with Gasteiger partial charge in [0.05, 0.1) is 5.69 Å². The van der Waals surface area contributed by atoms with Crippen LogP contribution in [0.4, 0.5) is 30.8 Å². The quantitative estimate of drug-likeness (QED) is 0.592. The lowest BCUT2D eigenvalue weighted by Crippen LogP contribution is -2.45. The van der Waals surface area contributed by atoms with E-state index in [1.807, 2.05) is 20.8 Å². The van der Waals surface area contributed by atoms with Crippen LogP contribution >= 0.6 is 0 Å². The van der Waals surface area contributed by atoms with Gasteiger partial charge in [0.1, 0.15) is 17.7 Å². The molecule has 1 heterocycles. The first-order valence-corrected chi connectivity index (χ1v) is 8.52. The van der Waals surface area contributed by atoms with E-state index in [9.17, 15) is 18.4 Å². The Bertz CT molecular complexity index is 848. The Hall–Kier alpha value is -3.23. The van der Waals surface area contributed by atoms with Crippen molar-refractivity contribution >= 4 is 29.2 Å². The molecule has 2 amide bonds. The van der Waals surface area contributed by atoms with Gasteiger partial charge >= 0.3 is 6.09 Å². The molecule has 150 valence electrons. The number of nitrogens with one attached hydrogen (secondary N) is 3. The topological polar surface area (TPSA) is 103 Å². The maximum Gasteiger partial charge on any atom is 0.405 e. The molecular weight excluding hydrogens is 370 g/mol. The van der Waals surface area contributed by atoms with Gasteiger partial charge in [0.15, 0.2) is 5.82 Å². The minimum atomic E-state index is -1.32. The zero-order valence-corrected chi connectivity index (χ0v) is 15.7. The summed E-state index contributed by atoms with van der Waals surface area (Å²) in [6.45, 7) is 5.64. The number of benzene rings is 1. The summed E-state index contributed by atoms with van der Waals surface area (Å²) in [4.78, 5) is 27.7. The number of carbonyl (C=O) groups excluding carboxylic acids is 1. The number of pyridine rings is 1. The van der Waals surface area contributed by atoms with Crippen molar-refractivity contribution in [3.8, 4) is 0 Å². The Labute approximate surface area is 161 Å². The van der Waals surface area contributed by atoms with E-state index in [4.69, 9.17) is 5.11 Å². The highest BCUT2D eigenvalue weighted by atomic mass is 19.1. The second-order valence-corrected chi connectivity index (χ2v) is 7.44. The lowest BCUT2D eigenvalue weighted by molar-refractivity contribution is -0.118. The van der Waals surface area contributed by atoms with Crippen molar-refractivity contribution in [1.29, 1.82) is 0 Å². The molecule has 0 bridgehead atoms. The van der Waals surface area contributed by atoms with Crippen LogP contribution in [0.15, 0.2) is 36.5 Å². The standard InChI is InChI=1S/C19H22F2N4O3/c1-19(2,3)10-15(25-18(27)28)17(26)24-14-5-4-6-22-16(14)23-13-8-11(20)7-12(21)9-13/h4-9,15,25H,10H2,1-3H3,(H,22,23)(H,24,26)(H,27,28)/t15-/m0/s1. The molecular formula is C19H22F2N4O3. The summed E-state index contributed by atoms with van der Waals surface area (Å²) >= 11 is 0. The number of hydrogen-bond donors (Lipinski definition) is 4. The van der Waals surface area contributed by atoms with Crippen LogP contribution < -0.4 is 16.0 Å². The third-order valence-electron chi connectivity index (χ3n) is 3.62. The van der Waals surface area contributed by atoms with Crippen molar-refractivity contribution in [3.63, 3.8) is 0 Å². The molecule has 2 rings (SSSR count). The fourth-order valence-corrected chi connectivity index (χ4v) is 2.56. The molecule has 0 saturated carbocycles. The van der Waals surface area contributed by atoms with Crippen LogP contribution in [0.5, 0.6) is 0 Å². The predicted octanol–water partition coefficient (Wildman–Crippen LogP) is 4.11. The Balaban J connectivity index is 2.22. The molecule has 0 spiro atoms. The highest BCUT2D eigenvalue weighted by Gasteiger charge is 2.27. The zero-order valence-electron chi connectivity index (χ0n) is 15.7. The summed E-state index contributed by atoms with van der Waals surface area (Å²) in [6.07, 6.45) is 0.392. The van der Waals surface area contributed by atoms with Crippen molar-refractivity contribution in [3.05, 3.63) is 48.2 Å². The van der Waals surface area contributed by atoms with Crippen LogP contribution in [-0.4, -0.2) is 28.1 Å². The number of carbonyl (C=O) groups is 2. The molecule has 0 saturated heterocycles. The Morgan fingerprint density at radius 2 is 1.82 bits per heavy atom. The Morgan fingerprint density at radius 3 is 2.39 bits per heavy atom. The largest absolute Gasteiger partial charge is 0.465 e. The van der Waals surface area contributed by atoms with Gasteiger partial charge in [-0.05, 0) is 36.1 Å². The molecule has 4 N–H and O–H groups in total. The smallest absolute Gasteiger partial charge is 0.405 e. The van der Waals surface area contributed by atoms with Gasteiger partial charge in [0.25, 0.3) is 0 Å². The minimum Gasteiger partial charge on any atom is -0.465 e. The van der Waals surface area contributed by atoms with E-state index in [1.165, 1.54) is 12.3 Å². The number of aromatic nitrogens is 1. The molecule has 28 heavy (non-hydrogen) atoms. The summed E-state index contributed by atoms with van der Waals surface area (Å²) in [6, 6.07) is 5.02. The van der Waals surface area contributed by atoms with E-state index in [1.54, 1.807) is 6.07 Å². The molecule has 1 aromatic carbocycles. The van der Waals surface area contributed by atoms with Gasteiger partial charge in [0.2, 0.25) is 5.91 Å². The average Bonchev–Trinajstić information content (AvgIpc) is 2.53. The van der Waals surface area contributed by atoms with Gasteiger partial charge in [-0.15, -0.1) is 0 Å². The SMILES string of the molecule is CC(C)(C)C[C@H](NC(=O)O)C(=O)Nc1cccnc1Nc1cc(F)cc(F)c1. The molecule has 0 aliphatic carbocycles. The molecule has 2 aromatic rings. The van der Waals surface area contributed by atoms with Crippen molar-refractivity contribution in [2.45, 2.75) is 33.2 Å². The molecule has 0 aliphatic rings. The first-order chi connectivity index (χ1) is 13.0. The molecule has 7 nitrogen and oxygen atoms in total. The van der Waals surface area contributed by atoms with Gasteiger partial charge < -0.3 is 21.1 Å². The van der Waals surface area contributed by atoms with Gasteiger partial charge in [-0.3, -0.25) is 4.79 Å². The molecule has 0 fully saturated rings. The third kappa shape index (κ3) is 6.49. The highest BCUT2D eigenvalue weighted by Crippen LogP contribution is 2.26. The summed E-state index contributed by atoms with van der Waals surface area (Å²) in [5.74, 6) is -1.94. The second kappa shape index (κ2) is 8.64. The molecule has 0 unspecified atom stereocenters. The number of amides is 2. The van der Waals surface area contributed by atoms with Crippen LogP contribution in [0.3, 0.4) is 0 Å². The number of rotatable bonds is 6. The van der Waals surface area contributed by atoms with E-state index in [2.05, 4.69) is 20.9 Å². The molecule has 0 aliphatic heterocycles. The van der Waals surface area contributed by atoms with E-state index < -0.39 is 29.7 Å². The second-order valence-electron chi connectivity index (χ2n) is 7.44. The fourth-order valence-electron chi connectivity index (χ4n) is 2.56. The van der Waals surface area contributed by atoms with Crippen LogP contribution in [-0.2, 0) is 4.79 Å². The monoisotopic (exact) mass is 392 g/mol. The zero-order chi connectivity index (χ0) is 20.9. The third-order valence-corrected chi connectivity index (χ3v) is 3.62. The predicted molar refractivity (Wildman–Crippen MR) is 102 cm³/mol. The van der Waals surface area contributed by atoms with E-state index >= 15 is 0 Å². The number of hydrogen-bond acceptors (Lipinski definition) is 4. The van der Waals surface area contributed by atoms with Crippen LogP contribution in [0.2, 0.25) is 0 Å². The van der Waals surface area contributed by atoms with E-state index in [-0.39, 0.29) is 29.0 Å².